The Kier molecular flexibility index (Phi) is 14.3. The first-order chi connectivity index (χ1) is 31.0. The Morgan fingerprint density at radius 1 is 0.424 bits per heavy atom. The summed E-state index contributed by atoms with van der Waals surface area (Å²) in [5, 5.41) is 15.4. The van der Waals surface area contributed by atoms with Gasteiger partial charge in [0.2, 0.25) is 0 Å². The minimum Gasteiger partial charge on any atom is -0.368 e. The van der Waals surface area contributed by atoms with Crippen LogP contribution in [0.15, 0.2) is 133 Å². The number of nitrogens with one attached hydrogen (secondary N) is 6. The van der Waals surface area contributed by atoms with Gasteiger partial charge in [0.15, 0.2) is 0 Å². The molecule has 0 bridgehead atoms. The van der Waals surface area contributed by atoms with E-state index in [0.717, 1.165) is 0 Å². The van der Waals surface area contributed by atoms with Crippen LogP contribution in [0.4, 0.5) is 85.3 Å². The Morgan fingerprint density at radius 2 is 0.742 bits per heavy atom. The third kappa shape index (κ3) is 13.3. The number of pyridine rings is 2. The molecule has 0 aliphatic heterocycles. The highest BCUT2D eigenvalue weighted by Crippen LogP contribution is 2.39. The fraction of sp³-hybridized carbons (Fsp3) is 0.182. The number of rotatable bonds is 13. The molecule has 4 aromatic carbocycles. The first-order valence-corrected chi connectivity index (χ1v) is 19.3. The number of aromatic nitrogens is 2. The van der Waals surface area contributed by atoms with Gasteiger partial charge in [0, 0.05) is 24.5 Å². The van der Waals surface area contributed by atoms with Gasteiger partial charge in [-0.3, -0.25) is 0 Å². The maximum Gasteiger partial charge on any atom is 0.416 e. The molecule has 22 heteroatoms. The van der Waals surface area contributed by atoms with Gasteiger partial charge < -0.3 is 31.9 Å². The second-order valence-corrected chi connectivity index (χ2v) is 14.3. The van der Waals surface area contributed by atoms with E-state index in [4.69, 9.17) is 0 Å². The van der Waals surface area contributed by atoms with Crippen molar-refractivity contribution >= 4 is 35.1 Å². The van der Waals surface area contributed by atoms with Gasteiger partial charge in [0.1, 0.15) is 11.6 Å². The molecule has 0 saturated heterocycles. The van der Waals surface area contributed by atoms with E-state index in [0.29, 0.717) is 46.8 Å². The van der Waals surface area contributed by atoms with Crippen molar-refractivity contribution in [3.63, 3.8) is 0 Å². The fourth-order valence-corrected chi connectivity index (χ4v) is 6.35. The van der Waals surface area contributed by atoms with Crippen LogP contribution in [0, 0.1) is 0 Å². The summed E-state index contributed by atoms with van der Waals surface area (Å²) >= 11 is 0. The number of urea groups is 2. The lowest BCUT2D eigenvalue weighted by molar-refractivity contribution is -0.144. The first-order valence-electron chi connectivity index (χ1n) is 19.3. The number of alkyl halides is 12. The minimum absolute atomic E-state index is 0.0616. The lowest BCUT2D eigenvalue weighted by Crippen LogP contribution is -2.36. The third-order valence-electron chi connectivity index (χ3n) is 9.44. The summed E-state index contributed by atoms with van der Waals surface area (Å²) in [7, 11) is 0. The SMILES string of the molecule is O=C(Nc1cc(C(F)(F)F)cc(C(F)(F)F)c1)N[C@H](CNc1cccc(-c2cccc(NC[C@@H](NC(=O)Nc3cc(C(F)(F)F)cc(C(F)(F)F)c3)c3ccccc3)n2)n1)c1ccccc1. The summed E-state index contributed by atoms with van der Waals surface area (Å²) in [4.78, 5) is 35.3. The van der Waals surface area contributed by atoms with Crippen LogP contribution < -0.4 is 31.9 Å². The summed E-state index contributed by atoms with van der Waals surface area (Å²) in [6.45, 7) is -0.143. The summed E-state index contributed by atoms with van der Waals surface area (Å²) in [5.41, 5.74) is -6.22. The van der Waals surface area contributed by atoms with Crippen molar-refractivity contribution in [3.8, 4) is 11.4 Å². The normalized spacial score (nSPS) is 13.0. The van der Waals surface area contributed by atoms with Crippen molar-refractivity contribution in [2.24, 2.45) is 0 Å². The molecule has 6 N–H and O–H groups in total. The molecule has 0 aliphatic rings. The predicted molar refractivity (Wildman–Crippen MR) is 220 cm³/mol. The molecule has 0 fully saturated rings. The Labute approximate surface area is 366 Å². The third-order valence-corrected chi connectivity index (χ3v) is 9.44. The maximum atomic E-state index is 13.4. The van der Waals surface area contributed by atoms with Gasteiger partial charge in [-0.2, -0.15) is 52.7 Å². The molecule has 346 valence electrons. The highest BCUT2D eigenvalue weighted by atomic mass is 19.4. The van der Waals surface area contributed by atoms with Crippen molar-refractivity contribution in [1.29, 1.82) is 0 Å². The number of benzene rings is 4. The number of carbonyl (C=O) groups excluding carboxylic acids is 2. The standard InChI is InChI=1S/C44H34F12N8O2/c45-41(46,47)27-17-28(42(48,49)50)20-31(19-27)59-39(65)63-35(25-9-3-1-4-10-25)23-57-37-15-7-13-33(61-37)34-14-8-16-38(62-34)58-24-36(26-11-5-2-6-12-26)64-40(66)60-32-21-29(43(51,52)53)18-30(22-32)44(54,55)56/h1-22,35-36H,23-24H2,(H,57,61)(H,58,62)(H2,59,63,65)(H2,60,64,66)/t35-,36-/m1/s1. The van der Waals surface area contributed by atoms with Gasteiger partial charge in [0.05, 0.1) is 45.7 Å². The van der Waals surface area contributed by atoms with Crippen molar-refractivity contribution in [2.75, 3.05) is 34.4 Å². The van der Waals surface area contributed by atoms with Gasteiger partial charge in [-0.1, -0.05) is 72.8 Å². The van der Waals surface area contributed by atoms with E-state index in [-0.39, 0.29) is 36.9 Å². The lowest BCUT2D eigenvalue weighted by Gasteiger charge is -2.21. The summed E-state index contributed by atoms with van der Waals surface area (Å²) in [6, 6.07) is 23.6. The van der Waals surface area contributed by atoms with Gasteiger partial charge in [0.25, 0.3) is 0 Å². The van der Waals surface area contributed by atoms with Crippen LogP contribution in [0.1, 0.15) is 45.5 Å². The number of hydrogen-bond acceptors (Lipinski definition) is 6. The van der Waals surface area contributed by atoms with Gasteiger partial charge in [-0.25, -0.2) is 19.6 Å². The fourth-order valence-electron chi connectivity index (χ4n) is 6.35. The summed E-state index contributed by atoms with van der Waals surface area (Å²) < 4.78 is 161. The second kappa shape index (κ2) is 19.7. The number of hydrogen-bond donors (Lipinski definition) is 6. The maximum absolute atomic E-state index is 13.4. The van der Waals surface area contributed by atoms with Crippen LogP contribution in [-0.2, 0) is 24.7 Å². The first kappa shape index (κ1) is 47.9. The van der Waals surface area contributed by atoms with E-state index in [1.54, 1.807) is 97.1 Å². The molecular weight excluding hydrogens is 901 g/mol. The largest absolute Gasteiger partial charge is 0.416 e. The van der Waals surface area contributed by atoms with Crippen LogP contribution in [0.5, 0.6) is 0 Å². The van der Waals surface area contributed by atoms with Crippen LogP contribution in [-0.4, -0.2) is 35.1 Å². The number of carbonyl (C=O) groups is 2. The highest BCUT2D eigenvalue weighted by Gasteiger charge is 2.38. The van der Waals surface area contributed by atoms with E-state index in [1.807, 2.05) is 0 Å². The quantitative estimate of drug-likeness (QED) is 0.0639. The smallest absolute Gasteiger partial charge is 0.368 e. The van der Waals surface area contributed by atoms with Crippen LogP contribution >= 0.6 is 0 Å². The average Bonchev–Trinajstić information content (AvgIpc) is 3.26. The molecule has 2 aromatic heterocycles. The van der Waals surface area contributed by atoms with Gasteiger partial charge in [-0.15, -0.1) is 0 Å². The van der Waals surface area contributed by atoms with E-state index in [9.17, 15) is 62.3 Å². The van der Waals surface area contributed by atoms with Crippen molar-refractivity contribution in [3.05, 3.63) is 167 Å². The monoisotopic (exact) mass is 934 g/mol. The zero-order chi connectivity index (χ0) is 47.9. The number of nitrogens with zero attached hydrogens (tertiary/aromatic N) is 2. The molecular formula is C44H34F12N8O2. The molecule has 10 nitrogen and oxygen atoms in total. The number of halogens is 12. The number of amides is 4. The summed E-state index contributed by atoms with van der Waals surface area (Å²) in [5.74, 6) is 0.539. The Hall–Kier alpha value is -7.52. The minimum atomic E-state index is -5.13. The molecule has 0 aliphatic carbocycles. The topological polar surface area (TPSA) is 132 Å². The molecule has 0 radical (unpaired) electrons. The van der Waals surface area contributed by atoms with Crippen LogP contribution in [0.25, 0.3) is 11.4 Å². The molecule has 0 spiro atoms. The second-order valence-electron chi connectivity index (χ2n) is 14.3. The zero-order valence-corrected chi connectivity index (χ0v) is 33.5. The van der Waals surface area contributed by atoms with E-state index < -0.39 is 82.5 Å². The predicted octanol–water partition coefficient (Wildman–Crippen LogP) is 12.2. The molecule has 4 amide bonds. The Balaban J connectivity index is 1.14. The van der Waals surface area contributed by atoms with Crippen LogP contribution in [0.3, 0.4) is 0 Å². The molecule has 6 aromatic rings. The van der Waals surface area contributed by atoms with Gasteiger partial charge in [-0.05, 0) is 71.8 Å². The lowest BCUT2D eigenvalue weighted by atomic mass is 10.1. The number of anilines is 4. The van der Waals surface area contributed by atoms with E-state index in [1.165, 1.54) is 0 Å². The zero-order valence-electron chi connectivity index (χ0n) is 33.5. The molecule has 2 atom stereocenters. The van der Waals surface area contributed by atoms with Crippen molar-refractivity contribution in [1.82, 2.24) is 20.6 Å². The highest BCUT2D eigenvalue weighted by molar-refractivity contribution is 5.90. The molecule has 0 unspecified atom stereocenters. The summed E-state index contributed by atoms with van der Waals surface area (Å²) in [6.07, 6.45) is -20.5. The molecule has 6 rings (SSSR count). The van der Waals surface area contributed by atoms with Crippen molar-refractivity contribution in [2.45, 2.75) is 36.8 Å². The molecule has 2 heterocycles. The van der Waals surface area contributed by atoms with Gasteiger partial charge >= 0.3 is 36.8 Å². The molecule has 0 saturated carbocycles. The Morgan fingerprint density at radius 3 is 1.05 bits per heavy atom. The molecule has 66 heavy (non-hydrogen) atoms. The van der Waals surface area contributed by atoms with Crippen molar-refractivity contribution < 1.29 is 62.3 Å². The van der Waals surface area contributed by atoms with E-state index >= 15 is 0 Å². The average molecular weight is 935 g/mol. The Bertz CT molecular complexity index is 2380. The van der Waals surface area contributed by atoms with Crippen LogP contribution in [0.2, 0.25) is 0 Å². The van der Waals surface area contributed by atoms with E-state index in [2.05, 4.69) is 41.9 Å².